The molecule has 3 rings (SSSR count). The molecule has 0 saturated carbocycles. The molecule has 11 nitrogen and oxygen atoms in total. The highest BCUT2D eigenvalue weighted by molar-refractivity contribution is 7.91. The first kappa shape index (κ1) is 35.0. The van der Waals surface area contributed by atoms with Crippen molar-refractivity contribution in [3.8, 4) is 17.6 Å². The van der Waals surface area contributed by atoms with Gasteiger partial charge in [0.15, 0.2) is 12.0 Å². The summed E-state index contributed by atoms with van der Waals surface area (Å²) in [6, 6.07) is 13.5. The highest BCUT2D eigenvalue weighted by Gasteiger charge is 2.26. The number of ether oxygens (including phenoxy) is 5. The van der Waals surface area contributed by atoms with Crippen LogP contribution >= 0.6 is 11.6 Å². The Morgan fingerprint density at radius 2 is 1.64 bits per heavy atom. The van der Waals surface area contributed by atoms with Gasteiger partial charge in [-0.3, -0.25) is 4.72 Å². The Labute approximate surface area is 264 Å². The lowest BCUT2D eigenvalue weighted by Crippen LogP contribution is -2.20. The Hall–Kier alpha value is -3.47. The van der Waals surface area contributed by atoms with Gasteiger partial charge in [0.05, 0.1) is 30.1 Å². The molecule has 2 aromatic carbocycles. The third-order valence-electron chi connectivity index (χ3n) is 6.81. The summed E-state index contributed by atoms with van der Waals surface area (Å²) in [7, 11) is -0.301. The van der Waals surface area contributed by atoms with Gasteiger partial charge in [-0.2, -0.15) is 5.26 Å². The number of hydrogen-bond acceptors (Lipinski definition) is 10. The zero-order valence-corrected chi connectivity index (χ0v) is 27.2. The van der Waals surface area contributed by atoms with E-state index in [1.807, 2.05) is 36.4 Å². The molecule has 1 aromatic heterocycles. The van der Waals surface area contributed by atoms with Crippen LogP contribution in [-0.4, -0.2) is 65.0 Å². The van der Waals surface area contributed by atoms with E-state index in [4.69, 9.17) is 35.3 Å². The summed E-state index contributed by atoms with van der Waals surface area (Å²) >= 11 is 6.63. The maximum absolute atomic E-state index is 11.3. The molecule has 3 aromatic rings. The van der Waals surface area contributed by atoms with E-state index in [-0.39, 0.29) is 18.8 Å². The molecule has 0 aliphatic rings. The second-order valence-electron chi connectivity index (χ2n) is 10.6. The maximum Gasteiger partial charge on any atom is 0.236 e. The number of unbranched alkanes of at least 4 members (excludes halogenated alkanes) is 2. The first-order chi connectivity index (χ1) is 21.0. The maximum atomic E-state index is 11.3. The number of halogens is 1. The molecular weight excluding hydrogens is 608 g/mol. The predicted molar refractivity (Wildman–Crippen MR) is 168 cm³/mol. The third kappa shape index (κ3) is 10.6. The number of methoxy groups -OCH3 is 2. The molecule has 0 aliphatic heterocycles. The van der Waals surface area contributed by atoms with E-state index in [0.717, 1.165) is 36.6 Å². The molecule has 1 heterocycles. The van der Waals surface area contributed by atoms with Gasteiger partial charge in [0.1, 0.15) is 18.4 Å². The standard InChI is InChI=1S/C31H39ClN4O7S/c1-31(2,24-9-11-26(12-10-24)43-20-22-18-34-30(35-19-22)36-44(5,37)38)25-15-23(17-33)29(27(32)16-25)42-14-8-6-7-13-41-21-28(39-3)40-4/h9-12,15-16,18-19,28H,6-8,13-14,20-21H2,1-5H3,(H,34,35,36). The fourth-order valence-electron chi connectivity index (χ4n) is 4.20. The van der Waals surface area contributed by atoms with Crippen molar-refractivity contribution in [2.75, 3.05) is 45.0 Å². The number of aromatic nitrogens is 2. The number of hydrogen-bond donors (Lipinski definition) is 1. The smallest absolute Gasteiger partial charge is 0.236 e. The van der Waals surface area contributed by atoms with E-state index in [9.17, 15) is 13.7 Å². The van der Waals surface area contributed by atoms with Crippen LogP contribution in [0.4, 0.5) is 5.95 Å². The van der Waals surface area contributed by atoms with Crippen LogP contribution in [0.15, 0.2) is 48.8 Å². The molecule has 0 aliphatic carbocycles. The zero-order chi connectivity index (χ0) is 32.2. The van der Waals surface area contributed by atoms with Crippen molar-refractivity contribution in [3.05, 3.63) is 76.1 Å². The van der Waals surface area contributed by atoms with Crippen LogP contribution < -0.4 is 14.2 Å². The Balaban J connectivity index is 1.55. The lowest BCUT2D eigenvalue weighted by atomic mass is 9.77. The zero-order valence-electron chi connectivity index (χ0n) is 25.6. The summed E-state index contributed by atoms with van der Waals surface area (Å²) in [4.78, 5) is 7.98. The Kier molecular flexibility index (Phi) is 13.2. The van der Waals surface area contributed by atoms with Crippen LogP contribution in [-0.2, 0) is 36.3 Å². The van der Waals surface area contributed by atoms with Gasteiger partial charge in [0.2, 0.25) is 16.0 Å². The Morgan fingerprint density at radius 1 is 0.977 bits per heavy atom. The van der Waals surface area contributed by atoms with Crippen LogP contribution in [0.5, 0.6) is 11.5 Å². The fourth-order valence-corrected chi connectivity index (χ4v) is 4.91. The number of anilines is 1. The van der Waals surface area contributed by atoms with E-state index < -0.39 is 15.4 Å². The normalized spacial score (nSPS) is 11.8. The Bertz CT molecular complexity index is 1490. The van der Waals surface area contributed by atoms with Crippen molar-refractivity contribution in [1.29, 1.82) is 5.26 Å². The van der Waals surface area contributed by atoms with Crippen molar-refractivity contribution in [3.63, 3.8) is 0 Å². The van der Waals surface area contributed by atoms with E-state index in [2.05, 4.69) is 34.6 Å². The molecule has 238 valence electrons. The molecule has 0 atom stereocenters. The average molecular weight is 647 g/mol. The molecule has 13 heteroatoms. The SMILES string of the molecule is COC(COCCCCCOc1c(Cl)cc(C(C)(C)c2ccc(OCc3cnc(NS(C)(=O)=O)nc3)cc2)cc1C#N)OC. The van der Waals surface area contributed by atoms with E-state index in [1.54, 1.807) is 14.2 Å². The monoisotopic (exact) mass is 646 g/mol. The van der Waals surface area contributed by atoms with Crippen molar-refractivity contribution in [2.45, 2.75) is 51.4 Å². The summed E-state index contributed by atoms with van der Waals surface area (Å²) in [6.45, 7) is 5.74. The van der Waals surface area contributed by atoms with E-state index >= 15 is 0 Å². The molecular formula is C31H39ClN4O7S. The van der Waals surface area contributed by atoms with Crippen LogP contribution in [0.2, 0.25) is 5.02 Å². The molecule has 0 amide bonds. The largest absolute Gasteiger partial charge is 0.491 e. The molecule has 0 saturated heterocycles. The van der Waals surface area contributed by atoms with Gasteiger partial charge in [0, 0.05) is 44.2 Å². The lowest BCUT2D eigenvalue weighted by molar-refractivity contribution is -0.140. The number of nitrogens with zero attached hydrogens (tertiary/aromatic N) is 3. The Morgan fingerprint density at radius 3 is 2.25 bits per heavy atom. The topological polar surface area (TPSA) is 142 Å². The highest BCUT2D eigenvalue weighted by atomic mass is 35.5. The minimum Gasteiger partial charge on any atom is -0.491 e. The first-order valence-electron chi connectivity index (χ1n) is 14.0. The number of nitrogens with one attached hydrogen (secondary N) is 1. The summed E-state index contributed by atoms with van der Waals surface area (Å²) in [5.41, 5.74) is 2.48. The van der Waals surface area contributed by atoms with Crippen LogP contribution in [0.1, 0.15) is 55.4 Å². The third-order valence-corrected chi connectivity index (χ3v) is 7.64. The second kappa shape index (κ2) is 16.6. The summed E-state index contributed by atoms with van der Waals surface area (Å²) in [6.07, 6.45) is 6.23. The first-order valence-corrected chi connectivity index (χ1v) is 16.3. The van der Waals surface area contributed by atoms with E-state index in [1.165, 1.54) is 12.4 Å². The van der Waals surface area contributed by atoms with Gasteiger partial charge in [-0.05, 0) is 54.7 Å². The van der Waals surface area contributed by atoms with E-state index in [0.29, 0.717) is 47.5 Å². The van der Waals surface area contributed by atoms with Crippen molar-refractivity contribution >= 4 is 27.6 Å². The van der Waals surface area contributed by atoms with Crippen LogP contribution in [0, 0.1) is 11.3 Å². The van der Waals surface area contributed by atoms with Gasteiger partial charge in [0.25, 0.3) is 0 Å². The molecule has 0 fully saturated rings. The number of nitriles is 1. The van der Waals surface area contributed by atoms with Crippen molar-refractivity contribution in [2.24, 2.45) is 0 Å². The van der Waals surface area contributed by atoms with Crippen LogP contribution in [0.25, 0.3) is 0 Å². The second-order valence-corrected chi connectivity index (χ2v) is 12.7. The van der Waals surface area contributed by atoms with Crippen molar-refractivity contribution in [1.82, 2.24) is 9.97 Å². The van der Waals surface area contributed by atoms with Crippen LogP contribution in [0.3, 0.4) is 0 Å². The fraction of sp³-hybridized carbons (Fsp3) is 0.452. The van der Waals surface area contributed by atoms with Gasteiger partial charge in [-0.25, -0.2) is 18.4 Å². The quantitative estimate of drug-likeness (QED) is 0.140. The summed E-state index contributed by atoms with van der Waals surface area (Å²) in [5.74, 6) is 1.03. The molecule has 0 spiro atoms. The molecule has 1 N–H and O–H groups in total. The van der Waals surface area contributed by atoms with Crippen molar-refractivity contribution < 1.29 is 32.1 Å². The minimum absolute atomic E-state index is 0.000667. The molecule has 0 unspecified atom stereocenters. The molecule has 44 heavy (non-hydrogen) atoms. The molecule has 0 radical (unpaired) electrons. The minimum atomic E-state index is -3.45. The number of rotatable bonds is 18. The van der Waals surface area contributed by atoms with Gasteiger partial charge >= 0.3 is 0 Å². The van der Waals surface area contributed by atoms with Gasteiger partial charge in [-0.15, -0.1) is 0 Å². The summed E-state index contributed by atoms with van der Waals surface area (Å²) < 4.78 is 52.4. The molecule has 0 bridgehead atoms. The average Bonchev–Trinajstić information content (AvgIpc) is 2.99. The lowest BCUT2D eigenvalue weighted by Gasteiger charge is -2.27. The van der Waals surface area contributed by atoms with Gasteiger partial charge in [-0.1, -0.05) is 37.6 Å². The predicted octanol–water partition coefficient (Wildman–Crippen LogP) is 5.46. The highest BCUT2D eigenvalue weighted by Crippen LogP contribution is 2.38. The number of benzene rings is 2. The number of sulfonamides is 1. The summed E-state index contributed by atoms with van der Waals surface area (Å²) in [5, 5.41) is 10.3. The van der Waals surface area contributed by atoms with Gasteiger partial charge < -0.3 is 23.7 Å².